The number of ether oxygens (including phenoxy) is 2. The molecule has 118 valence electrons. The molecule has 22 heavy (non-hydrogen) atoms. The highest BCUT2D eigenvalue weighted by Crippen LogP contribution is 2.28. The highest BCUT2D eigenvalue weighted by molar-refractivity contribution is 5.95. The van der Waals surface area contributed by atoms with Crippen molar-refractivity contribution in [3.05, 3.63) is 42.5 Å². The molecule has 0 heterocycles. The summed E-state index contributed by atoms with van der Waals surface area (Å²) in [5, 5.41) is 2.45. The topological polar surface area (TPSA) is 90.6 Å². The summed E-state index contributed by atoms with van der Waals surface area (Å²) in [5.74, 6) is 0.144. The lowest BCUT2D eigenvalue weighted by molar-refractivity contribution is -0.124. The van der Waals surface area contributed by atoms with Crippen LogP contribution < -0.4 is 20.5 Å². The molecule has 0 saturated heterocycles. The Morgan fingerprint density at radius 2 is 2.14 bits per heavy atom. The van der Waals surface area contributed by atoms with Crippen LogP contribution >= 0.6 is 0 Å². The van der Waals surface area contributed by atoms with E-state index in [-0.39, 0.29) is 0 Å². The molecule has 1 atom stereocenters. The molecule has 1 aromatic carbocycles. The van der Waals surface area contributed by atoms with Crippen molar-refractivity contribution >= 4 is 17.9 Å². The average Bonchev–Trinajstić information content (AvgIpc) is 2.50. The Morgan fingerprint density at radius 1 is 1.41 bits per heavy atom. The minimum absolute atomic E-state index is 0.374. The fourth-order valence-electron chi connectivity index (χ4n) is 1.56. The first-order valence-corrected chi connectivity index (χ1v) is 6.67. The van der Waals surface area contributed by atoms with Crippen LogP contribution in [-0.4, -0.2) is 31.6 Å². The Hall–Kier alpha value is -2.76. The fraction of sp³-hybridized carbons (Fsp3) is 0.250. The largest absolute Gasteiger partial charge is 0.493 e. The highest BCUT2D eigenvalue weighted by atomic mass is 16.5. The van der Waals surface area contributed by atoms with Crippen molar-refractivity contribution in [3.8, 4) is 11.5 Å². The Bertz CT molecular complexity index is 582. The molecule has 0 fully saturated rings. The number of rotatable bonds is 8. The second kappa shape index (κ2) is 8.51. The summed E-state index contributed by atoms with van der Waals surface area (Å²) in [6, 6.07) is 4.54. The van der Waals surface area contributed by atoms with Crippen LogP contribution in [0, 0.1) is 0 Å². The lowest BCUT2D eigenvalue weighted by atomic mass is 10.2. The zero-order valence-electron chi connectivity index (χ0n) is 12.7. The van der Waals surface area contributed by atoms with Crippen LogP contribution in [-0.2, 0) is 9.59 Å². The number of nitrogens with one attached hydrogen (secondary N) is 1. The fourth-order valence-corrected chi connectivity index (χ4v) is 1.56. The molecular weight excluding hydrogens is 284 g/mol. The molecule has 2 amide bonds. The summed E-state index contributed by atoms with van der Waals surface area (Å²) in [7, 11) is 1.53. The maximum absolute atomic E-state index is 11.6. The normalized spacial score (nSPS) is 11.7. The minimum Gasteiger partial charge on any atom is -0.493 e. The molecule has 1 unspecified atom stereocenters. The highest BCUT2D eigenvalue weighted by Gasteiger charge is 2.10. The van der Waals surface area contributed by atoms with Crippen LogP contribution in [0.25, 0.3) is 6.08 Å². The molecule has 6 nitrogen and oxygen atoms in total. The monoisotopic (exact) mass is 304 g/mol. The molecule has 0 radical (unpaired) electrons. The number of primary amides is 1. The van der Waals surface area contributed by atoms with E-state index < -0.39 is 17.9 Å². The third-order valence-corrected chi connectivity index (χ3v) is 2.76. The van der Waals surface area contributed by atoms with Crippen LogP contribution in [0.4, 0.5) is 0 Å². The van der Waals surface area contributed by atoms with Crippen molar-refractivity contribution < 1.29 is 19.1 Å². The SMILES string of the molecule is C=CCOc1ccc(C=CC(=O)NC(C)C(N)=O)cc1OC. The van der Waals surface area contributed by atoms with Crippen LogP contribution in [0.3, 0.4) is 0 Å². The molecule has 6 heteroatoms. The van der Waals surface area contributed by atoms with E-state index in [1.54, 1.807) is 30.4 Å². The number of hydrogen-bond donors (Lipinski definition) is 2. The number of nitrogens with two attached hydrogens (primary N) is 1. The summed E-state index contributed by atoms with van der Waals surface area (Å²) >= 11 is 0. The van der Waals surface area contributed by atoms with Gasteiger partial charge in [-0.25, -0.2) is 0 Å². The molecule has 1 rings (SSSR count). The van der Waals surface area contributed by atoms with Gasteiger partial charge in [-0.05, 0) is 30.7 Å². The summed E-state index contributed by atoms with van der Waals surface area (Å²) in [6.45, 7) is 5.47. The second-order valence-corrected chi connectivity index (χ2v) is 4.48. The Balaban J connectivity index is 2.76. The van der Waals surface area contributed by atoms with E-state index in [0.29, 0.717) is 18.1 Å². The molecule has 0 aliphatic rings. The zero-order chi connectivity index (χ0) is 16.5. The van der Waals surface area contributed by atoms with E-state index >= 15 is 0 Å². The van der Waals surface area contributed by atoms with Gasteiger partial charge in [0.15, 0.2) is 11.5 Å². The molecule has 0 saturated carbocycles. The Kier molecular flexibility index (Phi) is 6.69. The van der Waals surface area contributed by atoms with Crippen molar-refractivity contribution in [2.75, 3.05) is 13.7 Å². The van der Waals surface area contributed by atoms with Gasteiger partial charge in [-0.15, -0.1) is 0 Å². The minimum atomic E-state index is -0.721. The summed E-state index contributed by atoms with van der Waals surface area (Å²) in [6.07, 6.45) is 4.55. The van der Waals surface area contributed by atoms with Gasteiger partial charge in [0, 0.05) is 6.08 Å². The van der Waals surface area contributed by atoms with Crippen molar-refractivity contribution in [2.24, 2.45) is 5.73 Å². The Labute approximate surface area is 129 Å². The van der Waals surface area contributed by atoms with Gasteiger partial charge < -0.3 is 20.5 Å². The molecule has 0 bridgehead atoms. The maximum atomic E-state index is 11.6. The van der Waals surface area contributed by atoms with Crippen LogP contribution in [0.15, 0.2) is 36.9 Å². The molecule has 0 spiro atoms. The van der Waals surface area contributed by atoms with Gasteiger partial charge in [0.2, 0.25) is 11.8 Å². The third kappa shape index (κ3) is 5.32. The number of hydrogen-bond acceptors (Lipinski definition) is 4. The predicted molar refractivity (Wildman–Crippen MR) is 84.5 cm³/mol. The van der Waals surface area contributed by atoms with E-state index in [1.807, 2.05) is 0 Å². The van der Waals surface area contributed by atoms with E-state index in [1.165, 1.54) is 20.1 Å². The maximum Gasteiger partial charge on any atom is 0.244 e. The zero-order valence-corrected chi connectivity index (χ0v) is 12.7. The lowest BCUT2D eigenvalue weighted by Crippen LogP contribution is -2.41. The number of amides is 2. The first-order valence-electron chi connectivity index (χ1n) is 6.67. The number of carbonyl (C=O) groups is 2. The number of benzene rings is 1. The second-order valence-electron chi connectivity index (χ2n) is 4.48. The molecular formula is C16H20N2O4. The third-order valence-electron chi connectivity index (χ3n) is 2.76. The Morgan fingerprint density at radius 3 is 2.73 bits per heavy atom. The standard InChI is InChI=1S/C16H20N2O4/c1-4-9-22-13-7-5-12(10-14(13)21-3)6-8-15(19)18-11(2)16(17)20/h4-8,10-11H,1,9H2,2-3H3,(H2,17,20)(H,18,19). The first-order chi connectivity index (χ1) is 10.5. The van der Waals surface area contributed by atoms with Gasteiger partial charge >= 0.3 is 0 Å². The van der Waals surface area contributed by atoms with Crippen LogP contribution in [0.2, 0.25) is 0 Å². The van der Waals surface area contributed by atoms with E-state index in [2.05, 4.69) is 11.9 Å². The summed E-state index contributed by atoms with van der Waals surface area (Å²) in [5.41, 5.74) is 5.83. The smallest absolute Gasteiger partial charge is 0.244 e. The molecule has 3 N–H and O–H groups in total. The van der Waals surface area contributed by atoms with Gasteiger partial charge in [0.1, 0.15) is 12.6 Å². The van der Waals surface area contributed by atoms with Gasteiger partial charge in [-0.3, -0.25) is 9.59 Å². The lowest BCUT2D eigenvalue weighted by Gasteiger charge is -2.10. The van der Waals surface area contributed by atoms with Gasteiger partial charge in [-0.2, -0.15) is 0 Å². The van der Waals surface area contributed by atoms with Crippen LogP contribution in [0.5, 0.6) is 11.5 Å². The van der Waals surface area contributed by atoms with Gasteiger partial charge in [0.25, 0.3) is 0 Å². The first kappa shape index (κ1) is 17.3. The van der Waals surface area contributed by atoms with E-state index in [9.17, 15) is 9.59 Å². The quantitative estimate of drug-likeness (QED) is 0.559. The molecule has 0 aliphatic carbocycles. The average molecular weight is 304 g/mol. The summed E-state index contributed by atoms with van der Waals surface area (Å²) in [4.78, 5) is 22.5. The number of carbonyl (C=O) groups excluding carboxylic acids is 2. The van der Waals surface area contributed by atoms with Crippen molar-refractivity contribution in [2.45, 2.75) is 13.0 Å². The van der Waals surface area contributed by atoms with Crippen molar-refractivity contribution in [1.82, 2.24) is 5.32 Å². The molecule has 1 aromatic rings. The van der Waals surface area contributed by atoms with E-state index in [4.69, 9.17) is 15.2 Å². The summed E-state index contributed by atoms with van der Waals surface area (Å²) < 4.78 is 10.7. The van der Waals surface area contributed by atoms with Crippen LogP contribution in [0.1, 0.15) is 12.5 Å². The predicted octanol–water partition coefficient (Wildman–Crippen LogP) is 1.26. The molecule has 0 aromatic heterocycles. The van der Waals surface area contributed by atoms with E-state index in [0.717, 1.165) is 5.56 Å². The van der Waals surface area contributed by atoms with Gasteiger partial charge in [-0.1, -0.05) is 18.7 Å². The number of methoxy groups -OCH3 is 1. The molecule has 0 aliphatic heterocycles. The van der Waals surface area contributed by atoms with Crippen molar-refractivity contribution in [1.29, 1.82) is 0 Å². The van der Waals surface area contributed by atoms with Gasteiger partial charge in [0.05, 0.1) is 7.11 Å². The van der Waals surface area contributed by atoms with Crippen molar-refractivity contribution in [3.63, 3.8) is 0 Å².